The minimum atomic E-state index is -0.538. The SMILES string of the molecule is CCN(C(C)=O)C(c1nc(-c2cc(F)ccc2F)cn1Cc1ccccc1)C(C)(C)C. The van der Waals surface area contributed by atoms with Crippen LogP contribution in [0, 0.1) is 17.0 Å². The molecule has 1 heterocycles. The summed E-state index contributed by atoms with van der Waals surface area (Å²) in [5.41, 5.74) is 1.16. The first-order chi connectivity index (χ1) is 14.6. The second kappa shape index (κ2) is 9.00. The number of imidazole rings is 1. The number of aromatic nitrogens is 2. The van der Waals surface area contributed by atoms with Crippen molar-refractivity contribution in [1.29, 1.82) is 0 Å². The number of hydrogen-bond donors (Lipinski definition) is 0. The lowest BCUT2D eigenvalue weighted by atomic mass is 9.84. The highest BCUT2D eigenvalue weighted by Crippen LogP contribution is 2.39. The van der Waals surface area contributed by atoms with Crippen LogP contribution in [0.2, 0.25) is 0 Å². The smallest absolute Gasteiger partial charge is 0.220 e. The number of nitrogens with zero attached hydrogens (tertiary/aromatic N) is 3. The van der Waals surface area contributed by atoms with Gasteiger partial charge in [0, 0.05) is 31.8 Å². The van der Waals surface area contributed by atoms with Crippen molar-refractivity contribution in [2.75, 3.05) is 6.54 Å². The van der Waals surface area contributed by atoms with Gasteiger partial charge in [-0.1, -0.05) is 51.1 Å². The van der Waals surface area contributed by atoms with Gasteiger partial charge in [-0.3, -0.25) is 4.79 Å². The first-order valence-electron chi connectivity index (χ1n) is 10.5. The lowest BCUT2D eigenvalue weighted by Crippen LogP contribution is -2.41. The zero-order valence-electron chi connectivity index (χ0n) is 18.7. The van der Waals surface area contributed by atoms with E-state index in [0.717, 1.165) is 23.8 Å². The van der Waals surface area contributed by atoms with Crippen molar-refractivity contribution in [3.05, 3.63) is 77.8 Å². The Morgan fingerprint density at radius 1 is 1.13 bits per heavy atom. The van der Waals surface area contributed by atoms with E-state index in [1.165, 1.54) is 0 Å². The molecule has 0 aliphatic rings. The highest BCUT2D eigenvalue weighted by molar-refractivity contribution is 5.74. The molecule has 3 rings (SSSR count). The van der Waals surface area contributed by atoms with Gasteiger partial charge in [0.05, 0.1) is 11.7 Å². The molecule has 1 unspecified atom stereocenters. The summed E-state index contributed by atoms with van der Waals surface area (Å²) >= 11 is 0. The molecule has 0 aliphatic carbocycles. The lowest BCUT2D eigenvalue weighted by Gasteiger charge is -2.39. The molecule has 31 heavy (non-hydrogen) atoms. The van der Waals surface area contributed by atoms with Gasteiger partial charge in [0.25, 0.3) is 0 Å². The Bertz CT molecular complexity index is 1050. The molecular weight excluding hydrogens is 396 g/mol. The van der Waals surface area contributed by atoms with E-state index in [1.54, 1.807) is 18.0 Å². The normalized spacial score (nSPS) is 12.6. The highest BCUT2D eigenvalue weighted by atomic mass is 19.1. The van der Waals surface area contributed by atoms with Crippen molar-refractivity contribution in [2.24, 2.45) is 5.41 Å². The maximum Gasteiger partial charge on any atom is 0.220 e. The van der Waals surface area contributed by atoms with Gasteiger partial charge in [-0.05, 0) is 36.1 Å². The van der Waals surface area contributed by atoms with E-state index in [-0.39, 0.29) is 22.9 Å². The summed E-state index contributed by atoms with van der Waals surface area (Å²) in [7, 11) is 0. The number of hydrogen-bond acceptors (Lipinski definition) is 2. The first-order valence-corrected chi connectivity index (χ1v) is 10.5. The minimum Gasteiger partial charge on any atom is -0.332 e. The van der Waals surface area contributed by atoms with E-state index in [4.69, 9.17) is 4.98 Å². The van der Waals surface area contributed by atoms with Crippen LogP contribution >= 0.6 is 0 Å². The van der Waals surface area contributed by atoms with E-state index in [0.29, 0.717) is 24.6 Å². The monoisotopic (exact) mass is 425 g/mol. The second-order valence-corrected chi connectivity index (χ2v) is 8.80. The summed E-state index contributed by atoms with van der Waals surface area (Å²) in [6.07, 6.45) is 1.74. The molecule has 0 saturated carbocycles. The summed E-state index contributed by atoms with van der Waals surface area (Å²) in [5, 5.41) is 0. The topological polar surface area (TPSA) is 38.1 Å². The molecule has 164 valence electrons. The Balaban J connectivity index is 2.21. The molecule has 0 saturated heterocycles. The molecule has 0 radical (unpaired) electrons. The quantitative estimate of drug-likeness (QED) is 0.498. The molecule has 0 aliphatic heterocycles. The maximum atomic E-state index is 14.5. The molecule has 0 fully saturated rings. The standard InChI is InChI=1S/C25H29F2N3O/c1-6-30(17(2)31)23(25(3,4)5)24-28-22(20-14-19(26)12-13-21(20)27)16-29(24)15-18-10-8-7-9-11-18/h7-14,16,23H,6,15H2,1-5H3. The molecular formula is C25H29F2N3O. The van der Waals surface area contributed by atoms with Gasteiger partial charge in [0.15, 0.2) is 0 Å². The van der Waals surface area contributed by atoms with Crippen LogP contribution in [0.5, 0.6) is 0 Å². The average molecular weight is 426 g/mol. The van der Waals surface area contributed by atoms with Crippen molar-refractivity contribution in [2.45, 2.75) is 47.2 Å². The van der Waals surface area contributed by atoms with E-state index in [2.05, 4.69) is 0 Å². The number of carbonyl (C=O) groups is 1. The predicted molar refractivity (Wildman–Crippen MR) is 118 cm³/mol. The molecule has 2 aromatic carbocycles. The van der Waals surface area contributed by atoms with Gasteiger partial charge in [-0.25, -0.2) is 13.8 Å². The van der Waals surface area contributed by atoms with Crippen LogP contribution < -0.4 is 0 Å². The third-order valence-electron chi connectivity index (χ3n) is 5.33. The highest BCUT2D eigenvalue weighted by Gasteiger charge is 2.36. The van der Waals surface area contributed by atoms with Crippen LogP contribution in [0.1, 0.15) is 52.0 Å². The number of amides is 1. The van der Waals surface area contributed by atoms with Crippen molar-refractivity contribution >= 4 is 5.91 Å². The summed E-state index contributed by atoms with van der Waals surface area (Å²) in [5.74, 6) is -0.479. The maximum absolute atomic E-state index is 14.5. The van der Waals surface area contributed by atoms with Gasteiger partial charge in [-0.2, -0.15) is 0 Å². The van der Waals surface area contributed by atoms with Crippen LogP contribution in [0.15, 0.2) is 54.7 Å². The number of carbonyl (C=O) groups excluding carboxylic acids is 1. The van der Waals surface area contributed by atoms with Crippen LogP contribution in [0.25, 0.3) is 11.3 Å². The van der Waals surface area contributed by atoms with Gasteiger partial charge in [0.1, 0.15) is 17.5 Å². The van der Waals surface area contributed by atoms with Crippen molar-refractivity contribution in [3.63, 3.8) is 0 Å². The molecule has 3 aromatic rings. The van der Waals surface area contributed by atoms with Crippen LogP contribution in [-0.4, -0.2) is 26.9 Å². The molecule has 4 nitrogen and oxygen atoms in total. The zero-order valence-corrected chi connectivity index (χ0v) is 18.7. The van der Waals surface area contributed by atoms with Gasteiger partial charge < -0.3 is 9.47 Å². The third-order valence-corrected chi connectivity index (χ3v) is 5.33. The number of rotatable bonds is 6. The van der Waals surface area contributed by atoms with Crippen LogP contribution in [0.3, 0.4) is 0 Å². The zero-order chi connectivity index (χ0) is 22.8. The fourth-order valence-electron chi connectivity index (χ4n) is 3.96. The summed E-state index contributed by atoms with van der Waals surface area (Å²) in [4.78, 5) is 19.0. The molecule has 1 aromatic heterocycles. The summed E-state index contributed by atoms with van der Waals surface area (Å²) in [6, 6.07) is 12.9. The van der Waals surface area contributed by atoms with Gasteiger partial charge in [0.2, 0.25) is 5.91 Å². The predicted octanol–water partition coefficient (Wildman–Crippen LogP) is 5.83. The molecule has 0 N–H and O–H groups in total. The second-order valence-electron chi connectivity index (χ2n) is 8.80. The van der Waals surface area contributed by atoms with Crippen molar-refractivity contribution in [3.8, 4) is 11.3 Å². The Hall–Kier alpha value is -3.02. The number of benzene rings is 2. The third kappa shape index (κ3) is 5.01. The fraction of sp³-hybridized carbons (Fsp3) is 0.360. The van der Waals surface area contributed by atoms with Gasteiger partial charge >= 0.3 is 0 Å². The Kier molecular flexibility index (Phi) is 6.58. The fourth-order valence-corrected chi connectivity index (χ4v) is 3.96. The number of halogens is 2. The van der Waals surface area contributed by atoms with Crippen molar-refractivity contribution in [1.82, 2.24) is 14.5 Å². The molecule has 0 spiro atoms. The van der Waals surface area contributed by atoms with E-state index in [1.807, 2.05) is 62.6 Å². The molecule has 6 heteroatoms. The molecule has 1 atom stereocenters. The Morgan fingerprint density at radius 3 is 2.39 bits per heavy atom. The first kappa shape index (κ1) is 22.7. The van der Waals surface area contributed by atoms with E-state index < -0.39 is 11.6 Å². The van der Waals surface area contributed by atoms with Crippen LogP contribution in [0.4, 0.5) is 8.78 Å². The summed E-state index contributed by atoms with van der Waals surface area (Å²) < 4.78 is 30.3. The summed E-state index contributed by atoms with van der Waals surface area (Å²) in [6.45, 7) is 10.6. The van der Waals surface area contributed by atoms with Gasteiger partial charge in [-0.15, -0.1) is 0 Å². The average Bonchev–Trinajstić information content (AvgIpc) is 3.10. The van der Waals surface area contributed by atoms with Crippen molar-refractivity contribution < 1.29 is 13.6 Å². The Morgan fingerprint density at radius 2 is 1.81 bits per heavy atom. The molecule has 0 bridgehead atoms. The largest absolute Gasteiger partial charge is 0.332 e. The van der Waals surface area contributed by atoms with E-state index in [9.17, 15) is 13.6 Å². The lowest BCUT2D eigenvalue weighted by molar-refractivity contribution is -0.133. The molecule has 1 amide bonds. The van der Waals surface area contributed by atoms with E-state index >= 15 is 0 Å². The Labute approximate surface area is 182 Å². The van der Waals surface area contributed by atoms with Crippen LogP contribution in [-0.2, 0) is 11.3 Å². The minimum absolute atomic E-state index is 0.0600.